The van der Waals surface area contributed by atoms with Gasteiger partial charge in [-0.25, -0.2) is 14.4 Å². The van der Waals surface area contributed by atoms with Gasteiger partial charge in [0.1, 0.15) is 5.82 Å². The normalized spacial score (nSPS) is 10.6. The summed E-state index contributed by atoms with van der Waals surface area (Å²) >= 11 is 1.39. The molecule has 2 heterocycles. The zero-order chi connectivity index (χ0) is 18.5. The van der Waals surface area contributed by atoms with E-state index in [-0.39, 0.29) is 11.7 Å². The molecule has 0 spiro atoms. The van der Waals surface area contributed by atoms with E-state index in [4.69, 9.17) is 0 Å². The SMILES string of the molecule is CN(C)c1nccc(-c2ccc(C(=O)NCCc3ccc(F)cc3)s2)n1. The highest BCUT2D eigenvalue weighted by Gasteiger charge is 2.11. The van der Waals surface area contributed by atoms with Crippen LogP contribution in [-0.4, -0.2) is 36.5 Å². The Morgan fingerprint density at radius 1 is 1.15 bits per heavy atom. The van der Waals surface area contributed by atoms with Gasteiger partial charge >= 0.3 is 0 Å². The van der Waals surface area contributed by atoms with Crippen LogP contribution in [0, 0.1) is 5.82 Å². The van der Waals surface area contributed by atoms with Crippen LogP contribution in [0.3, 0.4) is 0 Å². The van der Waals surface area contributed by atoms with Crippen molar-refractivity contribution in [1.29, 1.82) is 0 Å². The van der Waals surface area contributed by atoms with Crippen LogP contribution in [0.25, 0.3) is 10.6 Å². The molecule has 26 heavy (non-hydrogen) atoms. The molecule has 1 aromatic carbocycles. The molecule has 3 aromatic rings. The molecule has 0 unspecified atom stereocenters. The molecule has 0 fully saturated rings. The predicted octanol–water partition coefficient (Wildman–Crippen LogP) is 3.38. The molecule has 1 amide bonds. The average Bonchev–Trinajstić information content (AvgIpc) is 3.14. The summed E-state index contributed by atoms with van der Waals surface area (Å²) in [7, 11) is 3.76. The van der Waals surface area contributed by atoms with Crippen molar-refractivity contribution in [2.45, 2.75) is 6.42 Å². The standard InChI is InChI=1S/C19H19FN4OS/c1-24(2)19-22-12-10-15(23-19)16-7-8-17(26-16)18(25)21-11-9-13-3-5-14(20)6-4-13/h3-8,10,12H,9,11H2,1-2H3,(H,21,25). The number of carbonyl (C=O) groups excluding carboxylic acids is 1. The summed E-state index contributed by atoms with van der Waals surface area (Å²) in [6.45, 7) is 0.496. The first-order valence-corrected chi connectivity index (χ1v) is 8.98. The van der Waals surface area contributed by atoms with E-state index < -0.39 is 0 Å². The number of aromatic nitrogens is 2. The number of amides is 1. The molecule has 0 aliphatic rings. The summed E-state index contributed by atoms with van der Waals surface area (Å²) in [5.74, 6) is 0.248. The molecule has 1 N–H and O–H groups in total. The van der Waals surface area contributed by atoms with Crippen molar-refractivity contribution in [2.75, 3.05) is 25.5 Å². The van der Waals surface area contributed by atoms with Gasteiger partial charge in [0.15, 0.2) is 0 Å². The van der Waals surface area contributed by atoms with Crippen molar-refractivity contribution in [3.05, 3.63) is 64.9 Å². The van der Waals surface area contributed by atoms with E-state index in [1.807, 2.05) is 31.1 Å². The first kappa shape index (κ1) is 18.0. The molecule has 0 aliphatic heterocycles. The molecule has 0 atom stereocenters. The lowest BCUT2D eigenvalue weighted by Gasteiger charge is -2.09. The van der Waals surface area contributed by atoms with E-state index >= 15 is 0 Å². The van der Waals surface area contributed by atoms with Gasteiger partial charge < -0.3 is 10.2 Å². The number of halogens is 1. The Balaban J connectivity index is 1.61. The smallest absolute Gasteiger partial charge is 0.261 e. The number of nitrogens with one attached hydrogen (secondary N) is 1. The number of nitrogens with zero attached hydrogens (tertiary/aromatic N) is 3. The summed E-state index contributed by atoms with van der Waals surface area (Å²) in [6.07, 6.45) is 2.36. The Labute approximate surface area is 155 Å². The molecule has 134 valence electrons. The largest absolute Gasteiger partial charge is 0.351 e. The fourth-order valence-electron chi connectivity index (χ4n) is 2.36. The number of rotatable bonds is 6. The van der Waals surface area contributed by atoms with Gasteiger partial charge in [-0.2, -0.15) is 0 Å². The van der Waals surface area contributed by atoms with Crippen molar-refractivity contribution in [3.63, 3.8) is 0 Å². The minimum absolute atomic E-state index is 0.120. The van der Waals surface area contributed by atoms with Crippen molar-refractivity contribution < 1.29 is 9.18 Å². The average molecular weight is 370 g/mol. The van der Waals surface area contributed by atoms with E-state index in [0.29, 0.717) is 23.8 Å². The Bertz CT molecular complexity index is 893. The van der Waals surface area contributed by atoms with Crippen molar-refractivity contribution in [2.24, 2.45) is 0 Å². The molecule has 7 heteroatoms. The van der Waals surface area contributed by atoms with Crippen LogP contribution in [0.1, 0.15) is 15.2 Å². The number of hydrogen-bond acceptors (Lipinski definition) is 5. The summed E-state index contributed by atoms with van der Waals surface area (Å²) in [5, 5.41) is 2.89. The molecular formula is C19H19FN4OS. The van der Waals surface area contributed by atoms with E-state index in [9.17, 15) is 9.18 Å². The van der Waals surface area contributed by atoms with Crippen LogP contribution >= 0.6 is 11.3 Å². The highest BCUT2D eigenvalue weighted by molar-refractivity contribution is 7.17. The fourth-order valence-corrected chi connectivity index (χ4v) is 3.25. The molecule has 0 saturated heterocycles. The Kier molecular flexibility index (Phi) is 5.58. The molecule has 0 radical (unpaired) electrons. The lowest BCUT2D eigenvalue weighted by Crippen LogP contribution is -2.24. The Hall–Kier alpha value is -2.80. The summed E-state index contributed by atoms with van der Waals surface area (Å²) < 4.78 is 12.9. The maximum Gasteiger partial charge on any atom is 0.261 e. The van der Waals surface area contributed by atoms with Gasteiger partial charge in [0.2, 0.25) is 5.95 Å². The van der Waals surface area contributed by atoms with Crippen molar-refractivity contribution >= 4 is 23.2 Å². The van der Waals surface area contributed by atoms with Gasteiger partial charge in [0.25, 0.3) is 5.91 Å². The molecule has 2 aromatic heterocycles. The molecule has 5 nitrogen and oxygen atoms in total. The van der Waals surface area contributed by atoms with Crippen LogP contribution in [0.2, 0.25) is 0 Å². The number of benzene rings is 1. The molecule has 0 aliphatic carbocycles. The number of thiophene rings is 1. The van der Waals surface area contributed by atoms with Crippen molar-refractivity contribution in [3.8, 4) is 10.6 Å². The van der Waals surface area contributed by atoms with E-state index in [0.717, 1.165) is 16.1 Å². The molecule has 3 rings (SSSR count). The predicted molar refractivity (Wildman–Crippen MR) is 102 cm³/mol. The number of anilines is 1. The van der Waals surface area contributed by atoms with Crippen LogP contribution in [-0.2, 0) is 6.42 Å². The van der Waals surface area contributed by atoms with Crippen LogP contribution < -0.4 is 10.2 Å². The summed E-state index contributed by atoms with van der Waals surface area (Å²) in [6, 6.07) is 11.8. The van der Waals surface area contributed by atoms with E-state index in [1.165, 1.54) is 23.5 Å². The highest BCUT2D eigenvalue weighted by atomic mass is 32.1. The van der Waals surface area contributed by atoms with E-state index in [2.05, 4.69) is 15.3 Å². The number of hydrogen-bond donors (Lipinski definition) is 1. The van der Waals surface area contributed by atoms with Gasteiger partial charge in [0, 0.05) is 26.8 Å². The third-order valence-electron chi connectivity index (χ3n) is 3.74. The first-order valence-electron chi connectivity index (χ1n) is 8.16. The molecule has 0 saturated carbocycles. The van der Waals surface area contributed by atoms with Crippen molar-refractivity contribution in [1.82, 2.24) is 15.3 Å². The Morgan fingerprint density at radius 3 is 2.65 bits per heavy atom. The maximum atomic E-state index is 12.9. The topological polar surface area (TPSA) is 58.1 Å². The zero-order valence-electron chi connectivity index (χ0n) is 14.6. The van der Waals surface area contributed by atoms with Gasteiger partial charge in [-0.15, -0.1) is 11.3 Å². The highest BCUT2D eigenvalue weighted by Crippen LogP contribution is 2.27. The third kappa shape index (κ3) is 4.43. The van der Waals surface area contributed by atoms with Crippen LogP contribution in [0.4, 0.5) is 10.3 Å². The second-order valence-corrected chi connectivity index (χ2v) is 7.02. The first-order chi connectivity index (χ1) is 12.5. The van der Waals surface area contributed by atoms with Gasteiger partial charge in [-0.1, -0.05) is 12.1 Å². The van der Waals surface area contributed by atoms with Crippen LogP contribution in [0.5, 0.6) is 0 Å². The lowest BCUT2D eigenvalue weighted by molar-refractivity contribution is 0.0958. The van der Waals surface area contributed by atoms with Gasteiger partial charge in [0.05, 0.1) is 15.4 Å². The quantitative estimate of drug-likeness (QED) is 0.723. The third-order valence-corrected chi connectivity index (χ3v) is 4.84. The summed E-state index contributed by atoms with van der Waals surface area (Å²) in [4.78, 5) is 24.4. The maximum absolute atomic E-state index is 12.9. The second kappa shape index (κ2) is 8.05. The monoisotopic (exact) mass is 370 g/mol. The van der Waals surface area contributed by atoms with Gasteiger partial charge in [-0.05, 0) is 42.3 Å². The minimum Gasteiger partial charge on any atom is -0.351 e. The molecule has 0 bridgehead atoms. The Morgan fingerprint density at radius 2 is 1.92 bits per heavy atom. The second-order valence-electron chi connectivity index (χ2n) is 5.93. The van der Waals surface area contributed by atoms with Gasteiger partial charge in [-0.3, -0.25) is 4.79 Å². The molecular weight excluding hydrogens is 351 g/mol. The summed E-state index contributed by atoms with van der Waals surface area (Å²) in [5.41, 5.74) is 1.77. The lowest BCUT2D eigenvalue weighted by atomic mass is 10.1. The zero-order valence-corrected chi connectivity index (χ0v) is 15.4. The number of carbonyl (C=O) groups is 1. The minimum atomic E-state index is -0.258. The van der Waals surface area contributed by atoms with E-state index in [1.54, 1.807) is 24.4 Å². The van der Waals surface area contributed by atoms with Crippen LogP contribution in [0.15, 0.2) is 48.7 Å². The fraction of sp³-hybridized carbons (Fsp3) is 0.211.